The molecule has 168 valence electrons. The second-order valence-corrected chi connectivity index (χ2v) is 10.2. The molecule has 1 aliphatic heterocycles. The molecule has 0 bridgehead atoms. The average Bonchev–Trinajstić information content (AvgIpc) is 2.96. The number of hydrogen-bond donors (Lipinski definition) is 0. The van der Waals surface area contributed by atoms with Gasteiger partial charge in [-0.3, -0.25) is 9.48 Å². The molecule has 1 aliphatic rings. The summed E-state index contributed by atoms with van der Waals surface area (Å²) in [6.07, 6.45) is 3.35. The molecule has 1 fully saturated rings. The monoisotopic (exact) mass is 444 g/mol. The maximum atomic E-state index is 13.4. The minimum absolute atomic E-state index is 0.113. The fourth-order valence-electron chi connectivity index (χ4n) is 4.14. The van der Waals surface area contributed by atoms with Crippen LogP contribution in [0.15, 0.2) is 17.0 Å². The number of carbonyl (C=O) groups is 1. The van der Waals surface area contributed by atoms with Crippen molar-refractivity contribution < 1.29 is 13.2 Å². The molecule has 0 unspecified atom stereocenters. The quantitative estimate of drug-likeness (QED) is 0.680. The third-order valence-electron chi connectivity index (χ3n) is 6.40. The van der Waals surface area contributed by atoms with Crippen molar-refractivity contribution in [2.45, 2.75) is 46.4 Å². The predicted octanol–water partition coefficient (Wildman–Crippen LogP) is 2.82. The highest BCUT2D eigenvalue weighted by atomic mass is 32.2. The van der Waals surface area contributed by atoms with Gasteiger partial charge in [-0.2, -0.15) is 9.40 Å². The van der Waals surface area contributed by atoms with Gasteiger partial charge in [-0.15, -0.1) is 0 Å². The van der Waals surface area contributed by atoms with Gasteiger partial charge in [0.25, 0.3) is 0 Å². The molecule has 1 amide bonds. The molecule has 1 saturated heterocycles. The van der Waals surface area contributed by atoms with Gasteiger partial charge in [0.1, 0.15) is 0 Å². The first-order valence-electron chi connectivity index (χ1n) is 10.5. The number of piperazine rings is 1. The van der Waals surface area contributed by atoms with E-state index in [1.165, 1.54) is 4.31 Å². The second kappa shape index (κ2) is 8.59. The molecule has 1 aromatic carbocycles. The van der Waals surface area contributed by atoms with Gasteiger partial charge in [0.05, 0.1) is 10.6 Å². The topological polar surface area (TPSA) is 75.5 Å². The van der Waals surface area contributed by atoms with Gasteiger partial charge >= 0.3 is 0 Å². The first-order chi connectivity index (χ1) is 14.4. The lowest BCUT2D eigenvalue weighted by Crippen LogP contribution is -2.50. The Labute approximate surface area is 185 Å². The molecule has 0 saturated carbocycles. The first kappa shape index (κ1) is 23.2. The standard InChI is InChI=1S/C23H32N4O3S/c1-15-14-16(2)18(4)23(17(15)3)31(29,30)27-12-10-26(11-13-27)22(28)9-8-21-19(5)24-25(7)20(21)6/h8-9,14H,10-13H2,1-7H3/b9-8+. The van der Waals surface area contributed by atoms with E-state index >= 15 is 0 Å². The molecule has 0 atom stereocenters. The van der Waals surface area contributed by atoms with Crippen molar-refractivity contribution in [3.63, 3.8) is 0 Å². The molecule has 0 spiro atoms. The van der Waals surface area contributed by atoms with E-state index in [9.17, 15) is 13.2 Å². The third-order valence-corrected chi connectivity index (χ3v) is 8.58. The van der Waals surface area contributed by atoms with Crippen molar-refractivity contribution >= 4 is 22.0 Å². The van der Waals surface area contributed by atoms with Crippen molar-refractivity contribution in [1.29, 1.82) is 0 Å². The van der Waals surface area contributed by atoms with Gasteiger partial charge in [0, 0.05) is 50.6 Å². The molecule has 1 aromatic heterocycles. The summed E-state index contributed by atoms with van der Waals surface area (Å²) >= 11 is 0. The summed E-state index contributed by atoms with van der Waals surface area (Å²) in [5.41, 5.74) is 6.36. The van der Waals surface area contributed by atoms with Gasteiger partial charge in [-0.05, 0) is 69.9 Å². The minimum Gasteiger partial charge on any atom is -0.337 e. The van der Waals surface area contributed by atoms with Crippen LogP contribution in [0.1, 0.15) is 39.2 Å². The van der Waals surface area contributed by atoms with Crippen molar-refractivity contribution in [3.8, 4) is 0 Å². The molecule has 7 nitrogen and oxygen atoms in total. The molecule has 3 rings (SSSR count). The number of aryl methyl sites for hydroxylation is 4. The van der Waals surface area contributed by atoms with E-state index in [0.29, 0.717) is 31.1 Å². The van der Waals surface area contributed by atoms with E-state index < -0.39 is 10.0 Å². The molecule has 8 heteroatoms. The Kier molecular flexibility index (Phi) is 6.43. The number of amides is 1. The fourth-order valence-corrected chi connectivity index (χ4v) is 6.13. The summed E-state index contributed by atoms with van der Waals surface area (Å²) in [6.45, 7) is 12.8. The number of rotatable bonds is 4. The Hall–Kier alpha value is -2.45. The highest BCUT2D eigenvalue weighted by molar-refractivity contribution is 7.89. The van der Waals surface area contributed by atoms with Crippen molar-refractivity contribution in [1.82, 2.24) is 19.0 Å². The van der Waals surface area contributed by atoms with Crippen LogP contribution in [0.4, 0.5) is 0 Å². The molecule has 0 N–H and O–H groups in total. The molecular formula is C23H32N4O3S. The Balaban J connectivity index is 1.73. The van der Waals surface area contributed by atoms with Gasteiger partial charge in [0.15, 0.2) is 0 Å². The number of sulfonamides is 1. The zero-order valence-electron chi connectivity index (χ0n) is 19.5. The molecule has 0 radical (unpaired) electrons. The van der Waals surface area contributed by atoms with Gasteiger partial charge < -0.3 is 4.90 Å². The summed E-state index contributed by atoms with van der Waals surface area (Å²) in [7, 11) is -1.74. The molecular weight excluding hydrogens is 412 g/mol. The van der Waals surface area contributed by atoms with Crippen LogP contribution in [0.3, 0.4) is 0 Å². The highest BCUT2D eigenvalue weighted by Gasteiger charge is 2.32. The third kappa shape index (κ3) is 4.32. The summed E-state index contributed by atoms with van der Waals surface area (Å²) in [6, 6.07) is 2.03. The Morgan fingerprint density at radius 2 is 1.52 bits per heavy atom. The minimum atomic E-state index is -3.61. The van der Waals surface area contributed by atoms with Crippen LogP contribution in [0.2, 0.25) is 0 Å². The van der Waals surface area contributed by atoms with E-state index in [0.717, 1.165) is 39.2 Å². The smallest absolute Gasteiger partial charge is 0.246 e. The zero-order valence-corrected chi connectivity index (χ0v) is 20.3. The van der Waals surface area contributed by atoms with Crippen LogP contribution in [0.5, 0.6) is 0 Å². The molecule has 0 aliphatic carbocycles. The maximum absolute atomic E-state index is 13.4. The van der Waals surface area contributed by atoms with Crippen molar-refractivity contribution in [2.75, 3.05) is 26.2 Å². The summed E-state index contributed by atoms with van der Waals surface area (Å²) in [4.78, 5) is 14.8. The maximum Gasteiger partial charge on any atom is 0.246 e. The lowest BCUT2D eigenvalue weighted by atomic mass is 10.0. The van der Waals surface area contributed by atoms with E-state index in [1.807, 2.05) is 54.7 Å². The Morgan fingerprint density at radius 3 is 2.00 bits per heavy atom. The number of hydrogen-bond acceptors (Lipinski definition) is 4. The first-order valence-corrected chi connectivity index (χ1v) is 11.9. The van der Waals surface area contributed by atoms with E-state index in [-0.39, 0.29) is 5.91 Å². The lowest BCUT2D eigenvalue weighted by Gasteiger charge is -2.34. The highest BCUT2D eigenvalue weighted by Crippen LogP contribution is 2.29. The van der Waals surface area contributed by atoms with Crippen LogP contribution >= 0.6 is 0 Å². The second-order valence-electron chi connectivity index (χ2n) is 8.36. The number of nitrogens with zero attached hydrogens (tertiary/aromatic N) is 4. The SMILES string of the molecule is Cc1cc(C)c(C)c(S(=O)(=O)N2CCN(C(=O)/C=C/c3c(C)nn(C)c3C)CC2)c1C. The van der Waals surface area contributed by atoms with Crippen LogP contribution < -0.4 is 0 Å². The van der Waals surface area contributed by atoms with Crippen LogP contribution in [-0.2, 0) is 21.9 Å². The normalized spacial score (nSPS) is 15.8. The summed E-state index contributed by atoms with van der Waals surface area (Å²) in [5.74, 6) is -0.113. The largest absolute Gasteiger partial charge is 0.337 e. The average molecular weight is 445 g/mol. The number of benzene rings is 1. The number of aromatic nitrogens is 2. The van der Waals surface area contributed by atoms with Crippen molar-refractivity contribution in [2.24, 2.45) is 7.05 Å². The summed E-state index contributed by atoms with van der Waals surface area (Å²) in [5, 5.41) is 4.36. The van der Waals surface area contributed by atoms with Gasteiger partial charge in [-0.25, -0.2) is 8.42 Å². The predicted molar refractivity (Wildman–Crippen MR) is 122 cm³/mol. The Morgan fingerprint density at radius 1 is 0.968 bits per heavy atom. The van der Waals surface area contributed by atoms with E-state index in [4.69, 9.17) is 0 Å². The Bertz CT molecular complexity index is 1130. The van der Waals surface area contributed by atoms with Gasteiger partial charge in [0.2, 0.25) is 15.9 Å². The lowest BCUT2D eigenvalue weighted by molar-refractivity contribution is -0.127. The van der Waals surface area contributed by atoms with E-state index in [2.05, 4.69) is 5.10 Å². The van der Waals surface area contributed by atoms with E-state index in [1.54, 1.807) is 21.7 Å². The van der Waals surface area contributed by atoms with Crippen LogP contribution in [0, 0.1) is 41.5 Å². The molecule has 2 heterocycles. The molecule has 2 aromatic rings. The summed E-state index contributed by atoms with van der Waals surface area (Å²) < 4.78 is 30.1. The number of carbonyl (C=O) groups excluding carboxylic acids is 1. The molecule has 31 heavy (non-hydrogen) atoms. The van der Waals surface area contributed by atoms with Crippen LogP contribution in [-0.4, -0.2) is 59.5 Å². The van der Waals surface area contributed by atoms with Crippen molar-refractivity contribution in [3.05, 3.63) is 51.3 Å². The fraction of sp³-hybridized carbons (Fsp3) is 0.478. The van der Waals surface area contributed by atoms with Crippen LogP contribution in [0.25, 0.3) is 6.08 Å². The zero-order chi connectivity index (χ0) is 23.1. The van der Waals surface area contributed by atoms with Gasteiger partial charge in [-0.1, -0.05) is 6.07 Å².